The highest BCUT2D eigenvalue weighted by Gasteiger charge is 2.15. The van der Waals surface area contributed by atoms with Gasteiger partial charge in [-0.05, 0) is 12.8 Å². The van der Waals surface area contributed by atoms with Gasteiger partial charge in [0.2, 0.25) is 0 Å². The summed E-state index contributed by atoms with van der Waals surface area (Å²) < 4.78 is 0. The number of rotatable bonds is 6. The first kappa shape index (κ1) is 17.3. The van der Waals surface area contributed by atoms with Crippen LogP contribution in [0.1, 0.15) is 40.5 Å². The zero-order valence-corrected chi connectivity index (χ0v) is 10.9. The van der Waals surface area contributed by atoms with Crippen LogP contribution in [0.15, 0.2) is 4.99 Å². The Labute approximate surface area is 98.5 Å². The molecular weight excluding hydrogens is 204 g/mol. The predicted octanol–water partition coefficient (Wildman–Crippen LogP) is 0.619. The molecular formula is C11H26N4O. The molecule has 0 aromatic rings. The third-order valence-electron chi connectivity index (χ3n) is 1.90. The van der Waals surface area contributed by atoms with Gasteiger partial charge in [-0.1, -0.05) is 27.7 Å². The van der Waals surface area contributed by atoms with E-state index in [1.54, 1.807) is 0 Å². The fourth-order valence-corrected chi connectivity index (χ4v) is 1.09. The van der Waals surface area contributed by atoms with E-state index in [-0.39, 0.29) is 23.7 Å². The minimum absolute atomic E-state index is 0.00641. The van der Waals surface area contributed by atoms with Gasteiger partial charge in [0, 0.05) is 12.5 Å². The van der Waals surface area contributed by atoms with Crippen LogP contribution in [0.3, 0.4) is 0 Å². The van der Waals surface area contributed by atoms with Gasteiger partial charge in [0.25, 0.3) is 0 Å². The van der Waals surface area contributed by atoms with Crippen LogP contribution in [0.5, 0.6) is 0 Å². The van der Waals surface area contributed by atoms with Gasteiger partial charge in [-0.15, -0.1) is 0 Å². The predicted molar refractivity (Wildman–Crippen MR) is 69.1 cm³/mol. The molecule has 6 N–H and O–H groups in total. The molecule has 0 amide bonds. The topological polar surface area (TPSA) is 107 Å². The Balaban J connectivity index is 0. The molecule has 5 nitrogen and oxygen atoms in total. The molecule has 0 fully saturated rings. The largest absolute Gasteiger partial charge is 0.370 e. The van der Waals surface area contributed by atoms with Crippen molar-refractivity contribution in [3.8, 4) is 0 Å². The molecule has 0 aromatic heterocycles. The average molecular weight is 230 g/mol. The van der Waals surface area contributed by atoms with E-state index in [0.717, 1.165) is 6.42 Å². The Morgan fingerprint density at radius 1 is 1.25 bits per heavy atom. The molecule has 5 heteroatoms. The molecule has 16 heavy (non-hydrogen) atoms. The number of nitrogens with zero attached hydrogens (tertiary/aromatic N) is 1. The summed E-state index contributed by atoms with van der Waals surface area (Å²) in [7, 11) is 0. The summed E-state index contributed by atoms with van der Waals surface area (Å²) in [6.45, 7) is 8.22. The summed E-state index contributed by atoms with van der Waals surface area (Å²) >= 11 is 0. The number of hydrogen-bond donors (Lipinski definition) is 3. The minimum atomic E-state index is -0.385. The maximum absolute atomic E-state index is 11.4. The lowest BCUT2D eigenvalue weighted by Crippen LogP contribution is -2.33. The molecule has 0 spiro atoms. The summed E-state index contributed by atoms with van der Waals surface area (Å²) in [5, 5.41) is 0. The first-order valence-electron chi connectivity index (χ1n) is 5.79. The van der Waals surface area contributed by atoms with Gasteiger partial charge in [-0.2, -0.15) is 0 Å². The fraction of sp³-hybridized carbons (Fsp3) is 0.818. The Hall–Kier alpha value is -1.10. The summed E-state index contributed by atoms with van der Waals surface area (Å²) in [6.07, 6.45) is 1.37. The number of carbonyl (C=O) groups is 1. The van der Waals surface area contributed by atoms with Crippen molar-refractivity contribution in [3.05, 3.63) is 0 Å². The highest BCUT2D eigenvalue weighted by Crippen LogP contribution is 2.03. The molecule has 0 aromatic carbocycles. The van der Waals surface area contributed by atoms with Crippen molar-refractivity contribution in [2.24, 2.45) is 28.1 Å². The lowest BCUT2D eigenvalue weighted by atomic mass is 9.99. The second-order valence-corrected chi connectivity index (χ2v) is 3.61. The molecule has 0 radical (unpaired) electrons. The Bertz CT molecular complexity index is 210. The highest BCUT2D eigenvalue weighted by atomic mass is 16.1. The van der Waals surface area contributed by atoms with Gasteiger partial charge in [-0.3, -0.25) is 9.79 Å². The van der Waals surface area contributed by atoms with E-state index in [4.69, 9.17) is 17.2 Å². The molecule has 1 atom stereocenters. The van der Waals surface area contributed by atoms with Gasteiger partial charge in [0.05, 0.1) is 6.04 Å². The van der Waals surface area contributed by atoms with E-state index in [1.807, 2.05) is 27.7 Å². The standard InChI is InChI=1S/C9H20N4O.C2H6/c1-6(2)8(14)7(10)4-3-5-13-9(11)12;1-2/h6-7H,3-5,10H2,1-2H3,(H4,11,12,13);1-2H3/t7-;/m1./s1. The monoisotopic (exact) mass is 230 g/mol. The number of hydrogen-bond acceptors (Lipinski definition) is 3. The van der Waals surface area contributed by atoms with E-state index in [1.165, 1.54) is 0 Å². The van der Waals surface area contributed by atoms with E-state index in [9.17, 15) is 4.79 Å². The van der Waals surface area contributed by atoms with Crippen LogP contribution in [0, 0.1) is 5.92 Å². The molecule has 0 saturated carbocycles. The fourth-order valence-electron chi connectivity index (χ4n) is 1.09. The minimum Gasteiger partial charge on any atom is -0.370 e. The molecule has 0 aliphatic carbocycles. The molecule has 96 valence electrons. The third-order valence-corrected chi connectivity index (χ3v) is 1.90. The zero-order valence-electron chi connectivity index (χ0n) is 10.9. The summed E-state index contributed by atoms with van der Waals surface area (Å²) in [5.74, 6) is 0.163. The number of carbonyl (C=O) groups excluding carboxylic acids is 1. The van der Waals surface area contributed by atoms with Crippen molar-refractivity contribution in [3.63, 3.8) is 0 Å². The van der Waals surface area contributed by atoms with Gasteiger partial charge in [0.15, 0.2) is 11.7 Å². The number of ketones is 1. The molecule has 0 aliphatic heterocycles. The maximum Gasteiger partial charge on any atom is 0.185 e. The van der Waals surface area contributed by atoms with E-state index in [2.05, 4.69) is 4.99 Å². The normalized spacial score (nSPS) is 11.4. The first-order chi connectivity index (χ1) is 7.45. The third kappa shape index (κ3) is 9.45. The smallest absolute Gasteiger partial charge is 0.185 e. The van der Waals surface area contributed by atoms with Crippen LogP contribution in [0.25, 0.3) is 0 Å². The Morgan fingerprint density at radius 3 is 2.12 bits per heavy atom. The van der Waals surface area contributed by atoms with Crippen molar-refractivity contribution in [1.29, 1.82) is 0 Å². The summed E-state index contributed by atoms with van der Waals surface area (Å²) in [4.78, 5) is 15.2. The zero-order chi connectivity index (χ0) is 13.1. The average Bonchev–Trinajstić information content (AvgIpc) is 2.25. The molecule has 0 bridgehead atoms. The van der Waals surface area contributed by atoms with Crippen LogP contribution < -0.4 is 17.2 Å². The molecule has 0 rings (SSSR count). The lowest BCUT2D eigenvalue weighted by Gasteiger charge is -2.11. The molecule has 0 unspecified atom stereocenters. The number of aliphatic imine (C=N–C) groups is 1. The maximum atomic E-state index is 11.4. The summed E-state index contributed by atoms with van der Waals surface area (Å²) in [6, 6.07) is -0.385. The van der Waals surface area contributed by atoms with Gasteiger partial charge in [0.1, 0.15) is 0 Å². The lowest BCUT2D eigenvalue weighted by molar-refractivity contribution is -0.123. The summed E-state index contributed by atoms with van der Waals surface area (Å²) in [5.41, 5.74) is 16.0. The van der Waals surface area contributed by atoms with Crippen molar-refractivity contribution in [2.45, 2.75) is 46.6 Å². The van der Waals surface area contributed by atoms with Crippen LogP contribution in [-0.2, 0) is 4.79 Å². The highest BCUT2D eigenvalue weighted by molar-refractivity contribution is 5.85. The second kappa shape index (κ2) is 10.4. The van der Waals surface area contributed by atoms with Crippen LogP contribution >= 0.6 is 0 Å². The van der Waals surface area contributed by atoms with Crippen molar-refractivity contribution >= 4 is 11.7 Å². The van der Waals surface area contributed by atoms with Gasteiger partial charge >= 0.3 is 0 Å². The van der Waals surface area contributed by atoms with Crippen molar-refractivity contribution in [1.82, 2.24) is 0 Å². The molecule has 0 saturated heterocycles. The SMILES string of the molecule is CC.CC(C)C(=O)[C@H](N)CCCN=C(N)N. The van der Waals surface area contributed by atoms with Crippen LogP contribution in [-0.4, -0.2) is 24.3 Å². The molecule has 0 aliphatic rings. The Morgan fingerprint density at radius 2 is 1.75 bits per heavy atom. The van der Waals surface area contributed by atoms with E-state index in [0.29, 0.717) is 13.0 Å². The quantitative estimate of drug-likeness (QED) is 0.353. The van der Waals surface area contributed by atoms with E-state index < -0.39 is 0 Å². The first-order valence-corrected chi connectivity index (χ1v) is 5.79. The van der Waals surface area contributed by atoms with Gasteiger partial charge < -0.3 is 17.2 Å². The molecule has 0 heterocycles. The number of nitrogens with two attached hydrogens (primary N) is 3. The van der Waals surface area contributed by atoms with E-state index >= 15 is 0 Å². The Kier molecular flexibility index (Phi) is 11.3. The number of guanidine groups is 1. The van der Waals surface area contributed by atoms with Crippen LogP contribution in [0.2, 0.25) is 0 Å². The van der Waals surface area contributed by atoms with Crippen LogP contribution in [0.4, 0.5) is 0 Å². The van der Waals surface area contributed by atoms with Crippen molar-refractivity contribution in [2.75, 3.05) is 6.54 Å². The number of Topliss-reactive ketones (excluding diaryl/α,β-unsaturated/α-hetero) is 1. The van der Waals surface area contributed by atoms with Crippen molar-refractivity contribution < 1.29 is 4.79 Å². The second-order valence-electron chi connectivity index (χ2n) is 3.61. The van der Waals surface area contributed by atoms with Gasteiger partial charge in [-0.25, -0.2) is 0 Å².